The van der Waals surface area contributed by atoms with Crippen LogP contribution in [0.5, 0.6) is 0 Å². The Morgan fingerprint density at radius 1 is 1.40 bits per heavy atom. The summed E-state index contributed by atoms with van der Waals surface area (Å²) in [6.45, 7) is 3.14. The van der Waals surface area contributed by atoms with Gasteiger partial charge in [0.2, 0.25) is 0 Å². The highest BCUT2D eigenvalue weighted by Gasteiger charge is 2.06. The standard InChI is InChI=1S/C4H3NO2.C2H5N/c6-3-1-2-4(7)5-3;1-2-3/h1-2H,(H,5,6,7);2H,1,3H2. The third-order valence-electron chi connectivity index (χ3n) is 0.632. The molecule has 1 rings (SSSR count). The Bertz CT molecular complexity index is 168. The Morgan fingerprint density at radius 2 is 1.70 bits per heavy atom. The number of carbonyl (C=O) groups excluding carboxylic acids is 2. The molecule has 0 aromatic rings. The lowest BCUT2D eigenvalue weighted by molar-refractivity contribution is -0.123. The van der Waals surface area contributed by atoms with E-state index in [1.54, 1.807) is 0 Å². The minimum Gasteiger partial charge on any atom is -0.405 e. The molecule has 0 unspecified atom stereocenters. The molecule has 0 bridgehead atoms. The van der Waals surface area contributed by atoms with E-state index in [1.807, 2.05) is 5.32 Å². The van der Waals surface area contributed by atoms with Crippen molar-refractivity contribution in [2.45, 2.75) is 0 Å². The van der Waals surface area contributed by atoms with Crippen molar-refractivity contribution in [3.63, 3.8) is 0 Å². The summed E-state index contributed by atoms with van der Waals surface area (Å²) in [5, 5.41) is 2.03. The quantitative estimate of drug-likeness (QED) is 0.436. The summed E-state index contributed by atoms with van der Waals surface area (Å²) < 4.78 is 0. The van der Waals surface area contributed by atoms with Gasteiger partial charge >= 0.3 is 0 Å². The van der Waals surface area contributed by atoms with Crippen molar-refractivity contribution in [3.8, 4) is 0 Å². The van der Waals surface area contributed by atoms with Crippen molar-refractivity contribution < 1.29 is 9.59 Å². The van der Waals surface area contributed by atoms with Crippen molar-refractivity contribution in [1.82, 2.24) is 5.32 Å². The number of imide groups is 1. The molecule has 3 N–H and O–H groups in total. The predicted molar refractivity (Wildman–Crippen MR) is 36.7 cm³/mol. The molecule has 1 aliphatic rings. The number of hydrogen-bond acceptors (Lipinski definition) is 3. The van der Waals surface area contributed by atoms with Crippen LogP contribution in [0.4, 0.5) is 0 Å². The maximum atomic E-state index is 10.0. The van der Waals surface area contributed by atoms with Gasteiger partial charge in [-0.2, -0.15) is 0 Å². The number of nitrogens with two attached hydrogens (primary N) is 1. The Hall–Kier alpha value is -1.58. The molecule has 0 aromatic carbocycles. The van der Waals surface area contributed by atoms with Crippen LogP contribution < -0.4 is 11.1 Å². The van der Waals surface area contributed by atoms with Crippen LogP contribution in [0.25, 0.3) is 0 Å². The zero-order valence-electron chi connectivity index (χ0n) is 5.33. The van der Waals surface area contributed by atoms with Crippen molar-refractivity contribution in [2.24, 2.45) is 5.73 Å². The molecule has 4 heteroatoms. The largest absolute Gasteiger partial charge is 0.405 e. The fraction of sp³-hybridized carbons (Fsp3) is 0. The van der Waals surface area contributed by atoms with Crippen LogP contribution in [0.15, 0.2) is 24.9 Å². The van der Waals surface area contributed by atoms with E-state index < -0.39 is 0 Å². The first-order valence-corrected chi connectivity index (χ1v) is 2.56. The van der Waals surface area contributed by atoms with Crippen molar-refractivity contribution in [2.75, 3.05) is 0 Å². The van der Waals surface area contributed by atoms with Crippen molar-refractivity contribution in [1.29, 1.82) is 0 Å². The lowest BCUT2D eigenvalue weighted by Gasteiger charge is -1.80. The molecule has 10 heavy (non-hydrogen) atoms. The first kappa shape index (κ1) is 8.42. The Balaban J connectivity index is 0.000000236. The molecule has 54 valence electrons. The molecule has 1 heterocycles. The topological polar surface area (TPSA) is 72.2 Å². The summed E-state index contributed by atoms with van der Waals surface area (Å²) in [5.41, 5.74) is 4.61. The molecule has 0 saturated carbocycles. The highest BCUT2D eigenvalue weighted by molar-refractivity contribution is 6.12. The molecule has 0 fully saturated rings. The molecule has 0 atom stereocenters. The van der Waals surface area contributed by atoms with Gasteiger partial charge in [0.15, 0.2) is 0 Å². The SMILES string of the molecule is C=CN.O=C1C=CC(=O)N1. The summed E-state index contributed by atoms with van der Waals surface area (Å²) >= 11 is 0. The van der Waals surface area contributed by atoms with Gasteiger partial charge in [-0.1, -0.05) is 6.58 Å². The number of nitrogens with one attached hydrogen (secondary N) is 1. The van der Waals surface area contributed by atoms with E-state index in [2.05, 4.69) is 12.3 Å². The molecule has 2 amide bonds. The second-order valence-electron chi connectivity index (χ2n) is 1.42. The van der Waals surface area contributed by atoms with Gasteiger partial charge in [0.25, 0.3) is 11.8 Å². The fourth-order valence-corrected chi connectivity index (χ4v) is 0.356. The van der Waals surface area contributed by atoms with Crippen LogP contribution in [0.1, 0.15) is 0 Å². The monoisotopic (exact) mass is 140 g/mol. The van der Waals surface area contributed by atoms with E-state index in [0.717, 1.165) is 0 Å². The molecule has 0 radical (unpaired) electrons. The van der Waals surface area contributed by atoms with Gasteiger partial charge in [-0.3, -0.25) is 14.9 Å². The summed E-state index contributed by atoms with van der Waals surface area (Å²) in [6, 6.07) is 0. The first-order chi connectivity index (χ1) is 4.70. The summed E-state index contributed by atoms with van der Waals surface area (Å²) in [7, 11) is 0. The van der Waals surface area contributed by atoms with Gasteiger partial charge in [0, 0.05) is 12.2 Å². The number of hydrogen-bond donors (Lipinski definition) is 2. The normalized spacial score (nSPS) is 13.6. The van der Waals surface area contributed by atoms with Crippen molar-refractivity contribution in [3.05, 3.63) is 24.9 Å². The summed E-state index contributed by atoms with van der Waals surface area (Å²) in [5.74, 6) is -0.657. The maximum absolute atomic E-state index is 10.0. The van der Waals surface area contributed by atoms with Gasteiger partial charge in [0.1, 0.15) is 0 Å². The first-order valence-electron chi connectivity index (χ1n) is 2.56. The molecular weight excluding hydrogens is 132 g/mol. The van der Waals surface area contributed by atoms with Crippen LogP contribution in [0.2, 0.25) is 0 Å². The maximum Gasteiger partial charge on any atom is 0.250 e. The summed E-state index contributed by atoms with van der Waals surface area (Å²) in [6.07, 6.45) is 3.64. The van der Waals surface area contributed by atoms with E-state index in [1.165, 1.54) is 18.4 Å². The average Bonchev–Trinajstić information content (AvgIpc) is 2.17. The van der Waals surface area contributed by atoms with Crippen LogP contribution in [-0.2, 0) is 9.59 Å². The zero-order chi connectivity index (χ0) is 7.98. The Labute approximate surface area is 58.4 Å². The van der Waals surface area contributed by atoms with E-state index in [0.29, 0.717) is 0 Å². The highest BCUT2D eigenvalue weighted by Crippen LogP contribution is 1.82. The van der Waals surface area contributed by atoms with Crippen LogP contribution in [0.3, 0.4) is 0 Å². The Kier molecular flexibility index (Phi) is 3.63. The van der Waals surface area contributed by atoms with Crippen LogP contribution >= 0.6 is 0 Å². The summed E-state index contributed by atoms with van der Waals surface area (Å²) in [4.78, 5) is 20.1. The van der Waals surface area contributed by atoms with Crippen molar-refractivity contribution >= 4 is 11.8 Å². The third-order valence-corrected chi connectivity index (χ3v) is 0.632. The molecule has 0 spiro atoms. The van der Waals surface area contributed by atoms with Gasteiger partial charge < -0.3 is 5.73 Å². The number of rotatable bonds is 0. The van der Waals surface area contributed by atoms with Gasteiger partial charge in [-0.05, 0) is 6.20 Å². The number of amides is 2. The minimum atomic E-state index is -0.329. The lowest BCUT2D eigenvalue weighted by Crippen LogP contribution is -2.19. The molecule has 0 aromatic heterocycles. The fourth-order valence-electron chi connectivity index (χ4n) is 0.356. The smallest absolute Gasteiger partial charge is 0.250 e. The number of carbonyl (C=O) groups is 2. The second-order valence-corrected chi connectivity index (χ2v) is 1.42. The van der Waals surface area contributed by atoms with Crippen LogP contribution in [-0.4, -0.2) is 11.8 Å². The lowest BCUT2D eigenvalue weighted by atomic mass is 10.6. The van der Waals surface area contributed by atoms with E-state index >= 15 is 0 Å². The average molecular weight is 140 g/mol. The van der Waals surface area contributed by atoms with Gasteiger partial charge in [0.05, 0.1) is 0 Å². The molecule has 4 nitrogen and oxygen atoms in total. The third kappa shape index (κ3) is 3.43. The zero-order valence-corrected chi connectivity index (χ0v) is 5.33. The van der Waals surface area contributed by atoms with Gasteiger partial charge in [-0.15, -0.1) is 0 Å². The van der Waals surface area contributed by atoms with E-state index in [9.17, 15) is 9.59 Å². The highest BCUT2D eigenvalue weighted by atomic mass is 16.2. The predicted octanol–water partition coefficient (Wildman–Crippen LogP) is -0.712. The minimum absolute atomic E-state index is 0.329. The molecular formula is C6H8N2O2. The Morgan fingerprint density at radius 3 is 1.80 bits per heavy atom. The van der Waals surface area contributed by atoms with Crippen LogP contribution in [0, 0.1) is 0 Å². The second kappa shape index (κ2) is 4.31. The molecule has 1 aliphatic heterocycles. The van der Waals surface area contributed by atoms with Gasteiger partial charge in [-0.25, -0.2) is 0 Å². The molecule has 0 aliphatic carbocycles. The van der Waals surface area contributed by atoms with E-state index in [-0.39, 0.29) is 11.8 Å². The molecule has 0 saturated heterocycles. The van der Waals surface area contributed by atoms with E-state index in [4.69, 9.17) is 0 Å².